The van der Waals surface area contributed by atoms with Gasteiger partial charge in [-0.05, 0) is 31.0 Å². The first-order chi connectivity index (χ1) is 9.74. The van der Waals surface area contributed by atoms with E-state index in [9.17, 15) is 18.0 Å². The molecule has 0 saturated carbocycles. The summed E-state index contributed by atoms with van der Waals surface area (Å²) in [4.78, 5) is 12.8. The smallest absolute Gasteiger partial charge is 0.406 e. The van der Waals surface area contributed by atoms with Gasteiger partial charge in [-0.3, -0.25) is 4.79 Å². The molecule has 1 heterocycles. The van der Waals surface area contributed by atoms with E-state index in [1.807, 2.05) is 13.8 Å². The molecule has 0 bridgehead atoms. The average Bonchev–Trinajstić information content (AvgIpc) is 2.86. The number of rotatable bonds is 4. The van der Waals surface area contributed by atoms with Crippen LogP contribution < -0.4 is 10.1 Å². The maximum atomic E-state index is 12.8. The molecule has 1 N–H and O–H groups in total. The molecule has 1 aliphatic rings. The normalized spacial score (nSPS) is 22.6. The third-order valence-corrected chi connectivity index (χ3v) is 4.08. The van der Waals surface area contributed by atoms with Crippen LogP contribution in [0.1, 0.15) is 30.6 Å². The fourth-order valence-corrected chi connectivity index (χ4v) is 2.78. The monoisotopic (exact) mass is 301 g/mol. The molecular formula is C15H18F3NO2. The highest BCUT2D eigenvalue weighted by Crippen LogP contribution is 2.38. The summed E-state index contributed by atoms with van der Waals surface area (Å²) in [6.45, 7) is 5.21. The van der Waals surface area contributed by atoms with Crippen LogP contribution in [0, 0.1) is 11.3 Å². The van der Waals surface area contributed by atoms with Crippen molar-refractivity contribution in [2.45, 2.75) is 26.6 Å². The number of carbonyl (C=O) groups is 1. The van der Waals surface area contributed by atoms with E-state index >= 15 is 0 Å². The summed E-state index contributed by atoms with van der Waals surface area (Å²) < 4.78 is 40.7. The van der Waals surface area contributed by atoms with Crippen molar-refractivity contribution in [1.82, 2.24) is 5.32 Å². The number of Topliss-reactive ketones (excluding diaryl/α,β-unsaturated/α-hetero) is 1. The lowest BCUT2D eigenvalue weighted by Crippen LogP contribution is -2.38. The number of ketones is 1. The Kier molecular flexibility index (Phi) is 4.27. The molecule has 1 aromatic rings. The van der Waals surface area contributed by atoms with Gasteiger partial charge in [-0.2, -0.15) is 0 Å². The molecule has 0 radical (unpaired) electrons. The van der Waals surface area contributed by atoms with E-state index in [2.05, 4.69) is 10.1 Å². The number of hydrogen-bond acceptors (Lipinski definition) is 3. The number of benzene rings is 1. The number of ether oxygens (including phenoxy) is 1. The standard InChI is InChI=1S/C15H18F3NO2/c1-10(2)14(6-7-19-9-14)13(20)11-4-3-5-12(8-11)21-15(16,17)18/h3-5,8,10,19H,6-7,9H2,1-2H3. The van der Waals surface area contributed by atoms with Crippen molar-refractivity contribution in [3.63, 3.8) is 0 Å². The predicted molar refractivity (Wildman–Crippen MR) is 72.2 cm³/mol. The molecular weight excluding hydrogens is 283 g/mol. The number of alkyl halides is 3. The summed E-state index contributed by atoms with van der Waals surface area (Å²) in [5, 5.41) is 3.17. The van der Waals surface area contributed by atoms with Gasteiger partial charge in [-0.25, -0.2) is 0 Å². The second kappa shape index (κ2) is 5.67. The largest absolute Gasteiger partial charge is 0.573 e. The van der Waals surface area contributed by atoms with Crippen LogP contribution in [0.25, 0.3) is 0 Å². The highest BCUT2D eigenvalue weighted by Gasteiger charge is 2.44. The van der Waals surface area contributed by atoms with Crippen molar-refractivity contribution >= 4 is 5.78 Å². The van der Waals surface area contributed by atoms with Gasteiger partial charge >= 0.3 is 6.36 Å². The summed E-state index contributed by atoms with van der Waals surface area (Å²) in [6, 6.07) is 5.30. The van der Waals surface area contributed by atoms with Crippen molar-refractivity contribution < 1.29 is 22.7 Å². The zero-order valence-electron chi connectivity index (χ0n) is 12.0. The summed E-state index contributed by atoms with van der Waals surface area (Å²) in [5.74, 6) is -0.388. The Morgan fingerprint density at radius 3 is 2.62 bits per heavy atom. The van der Waals surface area contributed by atoms with Crippen LogP contribution in [0.15, 0.2) is 24.3 Å². The number of hydrogen-bond donors (Lipinski definition) is 1. The minimum Gasteiger partial charge on any atom is -0.406 e. The van der Waals surface area contributed by atoms with Crippen molar-refractivity contribution in [2.24, 2.45) is 11.3 Å². The highest BCUT2D eigenvalue weighted by atomic mass is 19.4. The van der Waals surface area contributed by atoms with Gasteiger partial charge in [-0.1, -0.05) is 26.0 Å². The summed E-state index contributed by atoms with van der Waals surface area (Å²) >= 11 is 0. The van der Waals surface area contributed by atoms with Crippen LogP contribution >= 0.6 is 0 Å². The maximum absolute atomic E-state index is 12.8. The van der Waals surface area contributed by atoms with E-state index in [1.165, 1.54) is 18.2 Å². The van der Waals surface area contributed by atoms with E-state index in [4.69, 9.17) is 0 Å². The van der Waals surface area contributed by atoms with Gasteiger partial charge < -0.3 is 10.1 Å². The summed E-state index contributed by atoms with van der Waals surface area (Å²) in [7, 11) is 0. The molecule has 116 valence electrons. The fraction of sp³-hybridized carbons (Fsp3) is 0.533. The van der Waals surface area contributed by atoms with E-state index in [0.29, 0.717) is 13.0 Å². The SMILES string of the molecule is CC(C)C1(C(=O)c2cccc(OC(F)(F)F)c2)CCNC1. The zero-order valence-corrected chi connectivity index (χ0v) is 12.0. The Labute approximate surface area is 121 Å². The highest BCUT2D eigenvalue weighted by molar-refractivity contribution is 6.01. The third kappa shape index (κ3) is 3.37. The molecule has 2 rings (SSSR count). The van der Waals surface area contributed by atoms with Crippen LogP contribution in [0.4, 0.5) is 13.2 Å². The Hall–Kier alpha value is -1.56. The number of nitrogens with one attached hydrogen (secondary N) is 1. The van der Waals surface area contributed by atoms with E-state index < -0.39 is 11.8 Å². The second-order valence-electron chi connectivity index (χ2n) is 5.64. The Morgan fingerprint density at radius 1 is 1.38 bits per heavy atom. The lowest BCUT2D eigenvalue weighted by atomic mass is 9.71. The molecule has 0 aromatic heterocycles. The van der Waals surface area contributed by atoms with Crippen LogP contribution in [0.2, 0.25) is 0 Å². The topological polar surface area (TPSA) is 38.3 Å². The lowest BCUT2D eigenvalue weighted by Gasteiger charge is -2.31. The van der Waals surface area contributed by atoms with Crippen molar-refractivity contribution in [1.29, 1.82) is 0 Å². The third-order valence-electron chi connectivity index (χ3n) is 4.08. The number of carbonyl (C=O) groups excluding carboxylic acids is 1. The van der Waals surface area contributed by atoms with Gasteiger partial charge in [-0.15, -0.1) is 13.2 Å². The average molecular weight is 301 g/mol. The van der Waals surface area contributed by atoms with Crippen LogP contribution in [0.5, 0.6) is 5.75 Å². The van der Waals surface area contributed by atoms with Gasteiger partial charge in [0.1, 0.15) is 5.75 Å². The van der Waals surface area contributed by atoms with Gasteiger partial charge in [0.15, 0.2) is 5.78 Å². The fourth-order valence-electron chi connectivity index (χ4n) is 2.78. The predicted octanol–water partition coefficient (Wildman–Crippen LogP) is 3.40. The van der Waals surface area contributed by atoms with E-state index in [-0.39, 0.29) is 23.0 Å². The van der Waals surface area contributed by atoms with Gasteiger partial charge in [0.05, 0.1) is 0 Å². The summed E-state index contributed by atoms with van der Waals surface area (Å²) in [5.41, 5.74) is -0.300. The van der Waals surface area contributed by atoms with Crippen molar-refractivity contribution in [3.05, 3.63) is 29.8 Å². The van der Waals surface area contributed by atoms with E-state index in [1.54, 1.807) is 0 Å². The Balaban J connectivity index is 2.29. The molecule has 1 aliphatic heterocycles. The molecule has 0 spiro atoms. The molecule has 1 atom stereocenters. The molecule has 1 unspecified atom stereocenters. The van der Waals surface area contributed by atoms with Crippen molar-refractivity contribution in [2.75, 3.05) is 13.1 Å². The lowest BCUT2D eigenvalue weighted by molar-refractivity contribution is -0.274. The quantitative estimate of drug-likeness (QED) is 0.866. The van der Waals surface area contributed by atoms with Crippen LogP contribution in [-0.2, 0) is 0 Å². The molecule has 6 heteroatoms. The minimum absolute atomic E-state index is 0.104. The molecule has 0 aliphatic carbocycles. The first-order valence-corrected chi connectivity index (χ1v) is 6.86. The van der Waals surface area contributed by atoms with Crippen LogP contribution in [-0.4, -0.2) is 25.2 Å². The molecule has 3 nitrogen and oxygen atoms in total. The molecule has 0 amide bonds. The van der Waals surface area contributed by atoms with Gasteiger partial charge in [0.2, 0.25) is 0 Å². The second-order valence-corrected chi connectivity index (χ2v) is 5.64. The maximum Gasteiger partial charge on any atom is 0.573 e. The minimum atomic E-state index is -4.76. The Bertz CT molecular complexity index is 520. The van der Waals surface area contributed by atoms with Crippen LogP contribution in [0.3, 0.4) is 0 Å². The first-order valence-electron chi connectivity index (χ1n) is 6.86. The molecule has 1 fully saturated rings. The van der Waals surface area contributed by atoms with Gasteiger partial charge in [0, 0.05) is 17.5 Å². The molecule has 1 saturated heterocycles. The molecule has 21 heavy (non-hydrogen) atoms. The zero-order chi connectivity index (χ0) is 15.7. The van der Waals surface area contributed by atoms with E-state index in [0.717, 1.165) is 12.6 Å². The summed E-state index contributed by atoms with van der Waals surface area (Å²) in [6.07, 6.45) is -4.07. The Morgan fingerprint density at radius 2 is 2.10 bits per heavy atom. The van der Waals surface area contributed by atoms with Gasteiger partial charge in [0.25, 0.3) is 0 Å². The van der Waals surface area contributed by atoms with Crippen molar-refractivity contribution in [3.8, 4) is 5.75 Å². The molecule has 1 aromatic carbocycles. The first kappa shape index (κ1) is 15.8. The number of halogens is 3.